The van der Waals surface area contributed by atoms with Crippen LogP contribution in [-0.4, -0.2) is 21.5 Å². The van der Waals surface area contributed by atoms with E-state index in [4.69, 9.17) is 0 Å². The summed E-state index contributed by atoms with van der Waals surface area (Å²) in [6, 6.07) is 5.10. The van der Waals surface area contributed by atoms with Gasteiger partial charge in [0, 0.05) is 18.2 Å². The highest BCUT2D eigenvalue weighted by molar-refractivity contribution is 5.97. The van der Waals surface area contributed by atoms with Crippen LogP contribution in [0.5, 0.6) is 0 Å². The van der Waals surface area contributed by atoms with Crippen molar-refractivity contribution < 1.29 is 4.79 Å². The van der Waals surface area contributed by atoms with Gasteiger partial charge in [0.1, 0.15) is 0 Å². The fourth-order valence-electron chi connectivity index (χ4n) is 3.97. The van der Waals surface area contributed by atoms with Crippen LogP contribution in [0.3, 0.4) is 0 Å². The molecule has 0 saturated heterocycles. The third-order valence-electron chi connectivity index (χ3n) is 5.46. The fourth-order valence-corrected chi connectivity index (χ4v) is 3.97. The van der Waals surface area contributed by atoms with Crippen LogP contribution in [0.25, 0.3) is 10.9 Å². The summed E-state index contributed by atoms with van der Waals surface area (Å²) >= 11 is 0. The van der Waals surface area contributed by atoms with E-state index >= 15 is 0 Å². The molecule has 2 aromatic rings. The van der Waals surface area contributed by atoms with Crippen molar-refractivity contribution in [2.24, 2.45) is 5.92 Å². The summed E-state index contributed by atoms with van der Waals surface area (Å²) in [7, 11) is 0. The van der Waals surface area contributed by atoms with Crippen molar-refractivity contribution in [1.29, 1.82) is 0 Å². The molecule has 1 aromatic carbocycles. The molecule has 2 unspecified atom stereocenters. The Bertz CT molecular complexity index is 913. The van der Waals surface area contributed by atoms with Gasteiger partial charge in [-0.3, -0.25) is 14.2 Å². The number of nitrogens with one attached hydrogen (secondary N) is 2. The summed E-state index contributed by atoms with van der Waals surface area (Å²) in [6.07, 6.45) is 6.87. The van der Waals surface area contributed by atoms with E-state index in [-0.39, 0.29) is 17.5 Å². The van der Waals surface area contributed by atoms with E-state index in [0.717, 1.165) is 23.8 Å². The van der Waals surface area contributed by atoms with Gasteiger partial charge in [0.05, 0.1) is 10.9 Å². The van der Waals surface area contributed by atoms with Crippen LogP contribution < -0.4 is 16.6 Å². The van der Waals surface area contributed by atoms with Crippen LogP contribution in [0.1, 0.15) is 62.7 Å². The number of aromatic nitrogens is 2. The summed E-state index contributed by atoms with van der Waals surface area (Å²) in [4.78, 5) is 39.7. The number of unbranched alkanes of at least 4 members (excludes halogenated alkanes) is 1. The van der Waals surface area contributed by atoms with Gasteiger partial charge in [-0.05, 0) is 50.3 Å². The molecule has 1 aromatic heterocycles. The molecule has 6 heteroatoms. The minimum atomic E-state index is -0.446. The number of carbonyl (C=O) groups excluding carboxylic acids is 1. The average molecular weight is 357 g/mol. The van der Waals surface area contributed by atoms with Crippen molar-refractivity contribution in [1.82, 2.24) is 14.9 Å². The van der Waals surface area contributed by atoms with Gasteiger partial charge in [-0.1, -0.05) is 26.2 Å². The maximum absolute atomic E-state index is 12.7. The van der Waals surface area contributed by atoms with E-state index in [9.17, 15) is 14.4 Å². The van der Waals surface area contributed by atoms with Crippen LogP contribution in [0.4, 0.5) is 0 Å². The Kier molecular flexibility index (Phi) is 5.59. The highest BCUT2D eigenvalue weighted by Gasteiger charge is 2.28. The normalized spacial score (nSPS) is 19.8. The molecule has 26 heavy (non-hydrogen) atoms. The van der Waals surface area contributed by atoms with Crippen molar-refractivity contribution in [2.75, 3.05) is 0 Å². The van der Waals surface area contributed by atoms with E-state index in [0.29, 0.717) is 28.9 Å². The Hall–Kier alpha value is -2.37. The molecule has 6 nitrogen and oxygen atoms in total. The first-order valence-corrected chi connectivity index (χ1v) is 9.62. The summed E-state index contributed by atoms with van der Waals surface area (Å²) in [5.74, 6) is 0.414. The SMILES string of the molecule is CCCCC1CCCC1NC(=O)c1ccc2c(=O)n(CC)c(=O)[nH]c2c1. The molecule has 1 fully saturated rings. The largest absolute Gasteiger partial charge is 0.349 e. The molecular formula is C20H27N3O3. The minimum absolute atomic E-state index is 0.138. The summed E-state index contributed by atoms with van der Waals surface area (Å²) in [5.41, 5.74) is 0.112. The molecule has 0 aliphatic heterocycles. The van der Waals surface area contributed by atoms with Crippen LogP contribution in [0, 0.1) is 5.92 Å². The van der Waals surface area contributed by atoms with Crippen molar-refractivity contribution in [3.05, 3.63) is 44.6 Å². The molecule has 0 bridgehead atoms. The molecule has 2 atom stereocenters. The van der Waals surface area contributed by atoms with E-state index in [2.05, 4.69) is 17.2 Å². The number of aromatic amines is 1. The third-order valence-corrected chi connectivity index (χ3v) is 5.46. The molecule has 1 saturated carbocycles. The molecule has 1 amide bonds. The molecule has 0 spiro atoms. The minimum Gasteiger partial charge on any atom is -0.349 e. The van der Waals surface area contributed by atoms with Gasteiger partial charge in [-0.2, -0.15) is 0 Å². The number of fused-ring (bicyclic) bond motifs is 1. The number of H-pyrrole nitrogens is 1. The van der Waals surface area contributed by atoms with Crippen molar-refractivity contribution in [3.8, 4) is 0 Å². The molecule has 1 heterocycles. The van der Waals surface area contributed by atoms with Gasteiger partial charge in [-0.15, -0.1) is 0 Å². The van der Waals surface area contributed by atoms with Crippen molar-refractivity contribution in [3.63, 3.8) is 0 Å². The first-order valence-electron chi connectivity index (χ1n) is 9.62. The van der Waals surface area contributed by atoms with E-state index in [1.54, 1.807) is 25.1 Å². The average Bonchev–Trinajstić information content (AvgIpc) is 3.06. The van der Waals surface area contributed by atoms with E-state index in [1.807, 2.05) is 0 Å². The lowest BCUT2D eigenvalue weighted by atomic mass is 9.96. The number of rotatable bonds is 6. The first kappa shape index (κ1) is 18.4. The quantitative estimate of drug-likeness (QED) is 0.834. The maximum atomic E-state index is 12.7. The van der Waals surface area contributed by atoms with Crippen LogP contribution >= 0.6 is 0 Å². The van der Waals surface area contributed by atoms with Gasteiger partial charge in [0.25, 0.3) is 11.5 Å². The molecule has 1 aliphatic carbocycles. The smallest absolute Gasteiger partial charge is 0.328 e. The van der Waals surface area contributed by atoms with E-state index < -0.39 is 5.69 Å². The summed E-state index contributed by atoms with van der Waals surface area (Å²) in [5, 5.41) is 3.58. The standard InChI is InChI=1S/C20H27N3O3/c1-3-5-7-13-8-6-9-16(13)21-18(24)14-10-11-15-17(12-14)22-20(26)23(4-2)19(15)25/h10-13,16H,3-9H2,1-2H3,(H,21,24)(H,22,26). The van der Waals surface area contributed by atoms with Gasteiger partial charge in [-0.25, -0.2) is 4.79 Å². The van der Waals surface area contributed by atoms with Gasteiger partial charge < -0.3 is 10.3 Å². The van der Waals surface area contributed by atoms with Crippen molar-refractivity contribution in [2.45, 2.75) is 65.0 Å². The van der Waals surface area contributed by atoms with Crippen molar-refractivity contribution >= 4 is 16.8 Å². The van der Waals surface area contributed by atoms with Gasteiger partial charge in [0.15, 0.2) is 0 Å². The first-order chi connectivity index (χ1) is 12.5. The zero-order chi connectivity index (χ0) is 18.7. The topological polar surface area (TPSA) is 84.0 Å². The van der Waals surface area contributed by atoms with Crippen LogP contribution in [0.15, 0.2) is 27.8 Å². The number of amides is 1. The lowest BCUT2D eigenvalue weighted by molar-refractivity contribution is 0.0926. The Balaban J connectivity index is 1.83. The summed E-state index contributed by atoms with van der Waals surface area (Å²) in [6.45, 7) is 4.25. The number of hydrogen-bond acceptors (Lipinski definition) is 3. The number of benzene rings is 1. The molecule has 140 valence electrons. The monoisotopic (exact) mass is 357 g/mol. The lowest BCUT2D eigenvalue weighted by Crippen LogP contribution is -2.37. The highest BCUT2D eigenvalue weighted by atomic mass is 16.2. The Morgan fingerprint density at radius 3 is 2.81 bits per heavy atom. The second-order valence-electron chi connectivity index (χ2n) is 7.15. The molecule has 1 aliphatic rings. The fraction of sp³-hybridized carbons (Fsp3) is 0.550. The number of hydrogen-bond donors (Lipinski definition) is 2. The lowest BCUT2D eigenvalue weighted by Gasteiger charge is -2.21. The van der Waals surface area contributed by atoms with Gasteiger partial charge >= 0.3 is 5.69 Å². The zero-order valence-corrected chi connectivity index (χ0v) is 15.5. The highest BCUT2D eigenvalue weighted by Crippen LogP contribution is 2.30. The molecule has 0 radical (unpaired) electrons. The Labute approximate surface area is 152 Å². The Morgan fingerprint density at radius 2 is 2.08 bits per heavy atom. The second kappa shape index (κ2) is 7.89. The van der Waals surface area contributed by atoms with Crippen LogP contribution in [-0.2, 0) is 6.54 Å². The third kappa shape index (κ3) is 3.59. The number of carbonyl (C=O) groups is 1. The number of nitrogens with zero attached hydrogens (tertiary/aromatic N) is 1. The molecule has 3 rings (SSSR count). The van der Waals surface area contributed by atoms with Gasteiger partial charge in [0.2, 0.25) is 0 Å². The zero-order valence-electron chi connectivity index (χ0n) is 15.5. The second-order valence-corrected chi connectivity index (χ2v) is 7.15. The summed E-state index contributed by atoms with van der Waals surface area (Å²) < 4.78 is 1.15. The molecular weight excluding hydrogens is 330 g/mol. The molecule has 2 N–H and O–H groups in total. The maximum Gasteiger partial charge on any atom is 0.328 e. The Morgan fingerprint density at radius 1 is 1.27 bits per heavy atom. The predicted octanol–water partition coefficient (Wildman–Crippen LogP) is 2.80. The van der Waals surface area contributed by atoms with Crippen LogP contribution in [0.2, 0.25) is 0 Å². The predicted molar refractivity (Wildman–Crippen MR) is 103 cm³/mol. The van der Waals surface area contributed by atoms with E-state index in [1.165, 1.54) is 19.3 Å².